The highest BCUT2D eigenvalue weighted by atomic mass is 16.5. The van der Waals surface area contributed by atoms with Gasteiger partial charge in [-0.15, -0.1) is 0 Å². The van der Waals surface area contributed by atoms with Crippen molar-refractivity contribution in [2.24, 2.45) is 12.8 Å². The van der Waals surface area contributed by atoms with E-state index < -0.39 is 0 Å². The normalized spacial score (nSPS) is 10.3. The van der Waals surface area contributed by atoms with Crippen LogP contribution in [0.4, 0.5) is 0 Å². The Morgan fingerprint density at radius 2 is 2.41 bits per heavy atom. The van der Waals surface area contributed by atoms with Gasteiger partial charge in [-0.2, -0.15) is 5.10 Å². The molecule has 1 aromatic rings. The van der Waals surface area contributed by atoms with Gasteiger partial charge in [0.05, 0.1) is 25.4 Å². The van der Waals surface area contributed by atoms with Crippen molar-refractivity contribution in [3.63, 3.8) is 0 Å². The van der Waals surface area contributed by atoms with Gasteiger partial charge in [-0.3, -0.25) is 9.48 Å². The van der Waals surface area contributed by atoms with E-state index in [2.05, 4.69) is 5.10 Å². The third-order valence-electron chi connectivity index (χ3n) is 2.39. The molecule has 1 amide bonds. The number of hydrogen-bond acceptors (Lipinski definition) is 4. The van der Waals surface area contributed by atoms with Crippen LogP contribution in [0.3, 0.4) is 0 Å². The zero-order valence-electron chi connectivity index (χ0n) is 10.4. The molecule has 0 aliphatic carbocycles. The molecule has 0 aliphatic rings. The van der Waals surface area contributed by atoms with Gasteiger partial charge in [0.25, 0.3) is 0 Å². The Morgan fingerprint density at radius 1 is 1.65 bits per heavy atom. The average Bonchev–Trinajstić information content (AvgIpc) is 2.71. The molecule has 6 nitrogen and oxygen atoms in total. The fourth-order valence-electron chi connectivity index (χ4n) is 1.37. The highest BCUT2D eigenvalue weighted by molar-refractivity contribution is 5.75. The van der Waals surface area contributed by atoms with Gasteiger partial charge in [0, 0.05) is 20.6 Å². The molecular weight excluding hydrogens is 220 g/mol. The van der Waals surface area contributed by atoms with E-state index in [4.69, 9.17) is 10.5 Å². The number of ether oxygens (including phenoxy) is 1. The van der Waals surface area contributed by atoms with Crippen molar-refractivity contribution in [2.75, 3.05) is 26.7 Å². The van der Waals surface area contributed by atoms with E-state index in [1.807, 2.05) is 7.05 Å². The minimum Gasteiger partial charge on any atom is -0.490 e. The Balaban J connectivity index is 2.19. The van der Waals surface area contributed by atoms with Gasteiger partial charge in [-0.1, -0.05) is 0 Å². The van der Waals surface area contributed by atoms with Crippen LogP contribution >= 0.6 is 0 Å². The van der Waals surface area contributed by atoms with Crippen LogP contribution in [0.2, 0.25) is 0 Å². The molecule has 0 aromatic carbocycles. The summed E-state index contributed by atoms with van der Waals surface area (Å²) in [6.45, 7) is 1.67. The van der Waals surface area contributed by atoms with E-state index >= 15 is 0 Å². The van der Waals surface area contributed by atoms with Gasteiger partial charge in [0.2, 0.25) is 5.91 Å². The highest BCUT2D eigenvalue weighted by Crippen LogP contribution is 2.07. The Labute approximate surface area is 101 Å². The largest absolute Gasteiger partial charge is 0.490 e. The standard InChI is InChI=1S/C11H20N4O2/c1-14(6-3-5-12)11(16)4-7-17-10-8-13-15(2)9-10/h8-9H,3-7,12H2,1-2H3. The van der Waals surface area contributed by atoms with Crippen LogP contribution in [0.25, 0.3) is 0 Å². The second-order valence-electron chi connectivity index (χ2n) is 3.91. The van der Waals surface area contributed by atoms with Crippen LogP contribution in [0.15, 0.2) is 12.4 Å². The molecule has 6 heteroatoms. The molecule has 96 valence electrons. The lowest BCUT2D eigenvalue weighted by molar-refractivity contribution is -0.130. The number of amides is 1. The van der Waals surface area contributed by atoms with Gasteiger partial charge in [-0.25, -0.2) is 0 Å². The number of nitrogens with two attached hydrogens (primary N) is 1. The molecule has 1 aromatic heterocycles. The fourth-order valence-corrected chi connectivity index (χ4v) is 1.37. The molecule has 0 radical (unpaired) electrons. The van der Waals surface area contributed by atoms with Crippen molar-refractivity contribution >= 4 is 5.91 Å². The summed E-state index contributed by atoms with van der Waals surface area (Å²) in [4.78, 5) is 13.3. The molecule has 0 fully saturated rings. The molecule has 0 spiro atoms. The van der Waals surface area contributed by atoms with Crippen molar-refractivity contribution in [3.8, 4) is 5.75 Å². The Kier molecular flexibility index (Phi) is 5.48. The van der Waals surface area contributed by atoms with Crippen LogP contribution < -0.4 is 10.5 Å². The predicted molar refractivity (Wildman–Crippen MR) is 64.6 cm³/mol. The average molecular weight is 240 g/mol. The lowest BCUT2D eigenvalue weighted by Gasteiger charge is -2.16. The Bertz CT molecular complexity index is 351. The van der Waals surface area contributed by atoms with Crippen molar-refractivity contribution in [2.45, 2.75) is 12.8 Å². The second kappa shape index (κ2) is 6.90. The molecule has 0 unspecified atom stereocenters. The number of hydrogen-bond donors (Lipinski definition) is 1. The maximum Gasteiger partial charge on any atom is 0.225 e. The van der Waals surface area contributed by atoms with Crippen LogP contribution in [0.1, 0.15) is 12.8 Å². The summed E-state index contributed by atoms with van der Waals surface area (Å²) in [6, 6.07) is 0. The first-order valence-corrected chi connectivity index (χ1v) is 5.69. The maximum absolute atomic E-state index is 11.6. The molecule has 1 heterocycles. The van der Waals surface area contributed by atoms with Crippen molar-refractivity contribution in [1.82, 2.24) is 14.7 Å². The lowest BCUT2D eigenvalue weighted by atomic mass is 10.3. The summed E-state index contributed by atoms with van der Waals surface area (Å²) in [6.07, 6.45) is 4.59. The summed E-state index contributed by atoms with van der Waals surface area (Å²) in [5, 5.41) is 3.97. The summed E-state index contributed by atoms with van der Waals surface area (Å²) in [5.74, 6) is 0.757. The highest BCUT2D eigenvalue weighted by Gasteiger charge is 2.08. The SMILES string of the molecule is CN(CCCN)C(=O)CCOc1cnn(C)c1. The zero-order chi connectivity index (χ0) is 12.7. The summed E-state index contributed by atoms with van der Waals surface area (Å²) >= 11 is 0. The van der Waals surface area contributed by atoms with Gasteiger partial charge in [-0.05, 0) is 13.0 Å². The quantitative estimate of drug-likeness (QED) is 0.728. The minimum atomic E-state index is 0.0716. The van der Waals surface area contributed by atoms with Crippen LogP contribution in [0.5, 0.6) is 5.75 Å². The second-order valence-corrected chi connectivity index (χ2v) is 3.91. The lowest BCUT2D eigenvalue weighted by Crippen LogP contribution is -2.29. The summed E-state index contributed by atoms with van der Waals surface area (Å²) < 4.78 is 7.05. The van der Waals surface area contributed by atoms with E-state index in [1.165, 1.54) is 0 Å². The molecule has 0 saturated heterocycles. The maximum atomic E-state index is 11.6. The smallest absolute Gasteiger partial charge is 0.225 e. The predicted octanol–water partition coefficient (Wildman–Crippen LogP) is -0.00380. The first-order valence-electron chi connectivity index (χ1n) is 5.69. The van der Waals surface area contributed by atoms with Crippen LogP contribution in [-0.4, -0.2) is 47.3 Å². The minimum absolute atomic E-state index is 0.0716. The first-order chi connectivity index (χ1) is 8.13. The molecule has 17 heavy (non-hydrogen) atoms. The molecule has 0 saturated carbocycles. The van der Waals surface area contributed by atoms with E-state index in [0.717, 1.165) is 6.42 Å². The van der Waals surface area contributed by atoms with Gasteiger partial charge >= 0.3 is 0 Å². The molecule has 0 aliphatic heterocycles. The number of aryl methyl sites for hydroxylation is 1. The summed E-state index contributed by atoms with van der Waals surface area (Å²) in [7, 11) is 3.60. The Hall–Kier alpha value is -1.56. The number of nitrogens with zero attached hydrogens (tertiary/aromatic N) is 3. The third kappa shape index (κ3) is 4.86. The first kappa shape index (κ1) is 13.5. The molecule has 1 rings (SSSR count). The van der Waals surface area contributed by atoms with E-state index in [-0.39, 0.29) is 5.91 Å². The van der Waals surface area contributed by atoms with Crippen molar-refractivity contribution < 1.29 is 9.53 Å². The van der Waals surface area contributed by atoms with Crippen molar-refractivity contribution in [1.29, 1.82) is 0 Å². The van der Waals surface area contributed by atoms with E-state index in [0.29, 0.717) is 31.9 Å². The number of carbonyl (C=O) groups excluding carboxylic acids is 1. The van der Waals surface area contributed by atoms with Gasteiger partial charge in [0.1, 0.15) is 0 Å². The molecule has 2 N–H and O–H groups in total. The van der Waals surface area contributed by atoms with Crippen LogP contribution in [-0.2, 0) is 11.8 Å². The van der Waals surface area contributed by atoms with Crippen molar-refractivity contribution in [3.05, 3.63) is 12.4 Å². The Morgan fingerprint density at radius 3 is 3.00 bits per heavy atom. The van der Waals surface area contributed by atoms with Gasteiger partial charge < -0.3 is 15.4 Å². The van der Waals surface area contributed by atoms with E-state index in [9.17, 15) is 4.79 Å². The molecular formula is C11H20N4O2. The summed E-state index contributed by atoms with van der Waals surface area (Å²) in [5.41, 5.74) is 5.38. The van der Waals surface area contributed by atoms with Gasteiger partial charge in [0.15, 0.2) is 5.75 Å². The van der Waals surface area contributed by atoms with Crippen LogP contribution in [0, 0.1) is 0 Å². The topological polar surface area (TPSA) is 73.4 Å². The molecule has 0 bridgehead atoms. The van der Waals surface area contributed by atoms with E-state index in [1.54, 1.807) is 29.0 Å². The third-order valence-corrected chi connectivity index (χ3v) is 2.39. The molecule has 0 atom stereocenters. The number of carbonyl (C=O) groups is 1. The zero-order valence-corrected chi connectivity index (χ0v) is 10.4. The number of aromatic nitrogens is 2. The fraction of sp³-hybridized carbons (Fsp3) is 0.636. The number of rotatable bonds is 7. The monoisotopic (exact) mass is 240 g/mol.